The minimum atomic E-state index is 0. The summed E-state index contributed by atoms with van der Waals surface area (Å²) in [4.78, 5) is 4.38. The SMILES string of the molecule is CC(C)COc1ccc(CNC2=NCCCN2)cc1.I. The maximum atomic E-state index is 5.66. The highest BCUT2D eigenvalue weighted by molar-refractivity contribution is 14.0. The standard InChI is InChI=1S/C15H23N3O.HI/c1-12(2)11-19-14-6-4-13(5-7-14)10-18-15-16-8-3-9-17-15;/h4-7,12H,3,8-11H2,1-2H3,(H2,16,17,18);1H. The van der Waals surface area contributed by atoms with Crippen molar-refractivity contribution in [3.8, 4) is 5.75 Å². The Kier molecular flexibility index (Phi) is 7.72. The highest BCUT2D eigenvalue weighted by atomic mass is 127. The molecular formula is C15H24IN3O. The lowest BCUT2D eigenvalue weighted by atomic mass is 10.2. The fraction of sp³-hybridized carbons (Fsp3) is 0.533. The van der Waals surface area contributed by atoms with E-state index < -0.39 is 0 Å². The number of hydrogen-bond acceptors (Lipinski definition) is 4. The maximum absolute atomic E-state index is 5.66. The molecule has 0 unspecified atom stereocenters. The molecular weight excluding hydrogens is 365 g/mol. The van der Waals surface area contributed by atoms with Crippen LogP contribution in [-0.4, -0.2) is 25.7 Å². The zero-order valence-corrected chi connectivity index (χ0v) is 14.5. The van der Waals surface area contributed by atoms with Crippen LogP contribution in [0.1, 0.15) is 25.8 Å². The minimum Gasteiger partial charge on any atom is -0.493 e. The number of ether oxygens (including phenoxy) is 1. The quantitative estimate of drug-likeness (QED) is 0.762. The third kappa shape index (κ3) is 5.98. The first-order valence-corrected chi connectivity index (χ1v) is 6.98. The highest BCUT2D eigenvalue weighted by Gasteiger charge is 2.03. The van der Waals surface area contributed by atoms with Gasteiger partial charge in [0.05, 0.1) is 6.61 Å². The molecule has 0 amide bonds. The van der Waals surface area contributed by atoms with Gasteiger partial charge in [0.15, 0.2) is 5.96 Å². The van der Waals surface area contributed by atoms with Crippen LogP contribution in [0.15, 0.2) is 29.3 Å². The van der Waals surface area contributed by atoms with Crippen LogP contribution in [0.5, 0.6) is 5.75 Å². The predicted molar refractivity (Wildman–Crippen MR) is 94.0 cm³/mol. The molecule has 112 valence electrons. The second-order valence-corrected chi connectivity index (χ2v) is 5.21. The Balaban J connectivity index is 0.00000200. The summed E-state index contributed by atoms with van der Waals surface area (Å²) in [5.74, 6) is 2.40. The Morgan fingerprint density at radius 3 is 2.65 bits per heavy atom. The van der Waals surface area contributed by atoms with Gasteiger partial charge in [-0.15, -0.1) is 24.0 Å². The Hall–Kier alpha value is -0.980. The predicted octanol–water partition coefficient (Wildman–Crippen LogP) is 2.78. The number of nitrogens with one attached hydrogen (secondary N) is 2. The molecule has 0 atom stereocenters. The summed E-state index contributed by atoms with van der Waals surface area (Å²) in [6.07, 6.45) is 1.12. The normalized spacial score (nSPS) is 14.1. The van der Waals surface area contributed by atoms with Gasteiger partial charge in [0, 0.05) is 19.6 Å². The molecule has 0 aliphatic carbocycles. The molecule has 0 spiro atoms. The highest BCUT2D eigenvalue weighted by Crippen LogP contribution is 2.13. The van der Waals surface area contributed by atoms with Crippen LogP contribution in [0.25, 0.3) is 0 Å². The Morgan fingerprint density at radius 1 is 1.30 bits per heavy atom. The average molecular weight is 389 g/mol. The molecule has 0 saturated carbocycles. The van der Waals surface area contributed by atoms with E-state index in [1.54, 1.807) is 0 Å². The topological polar surface area (TPSA) is 45.6 Å². The molecule has 1 aliphatic rings. The van der Waals surface area contributed by atoms with Gasteiger partial charge in [-0.05, 0) is 30.0 Å². The Labute approximate surface area is 138 Å². The second kappa shape index (κ2) is 9.05. The van der Waals surface area contributed by atoms with Crippen LogP contribution in [0.4, 0.5) is 0 Å². The smallest absolute Gasteiger partial charge is 0.191 e. The van der Waals surface area contributed by atoms with E-state index in [0.29, 0.717) is 5.92 Å². The first-order chi connectivity index (χ1) is 9.24. The lowest BCUT2D eigenvalue weighted by Crippen LogP contribution is -2.40. The van der Waals surface area contributed by atoms with Gasteiger partial charge in [0.1, 0.15) is 5.75 Å². The van der Waals surface area contributed by atoms with E-state index in [-0.39, 0.29) is 24.0 Å². The van der Waals surface area contributed by atoms with E-state index >= 15 is 0 Å². The maximum Gasteiger partial charge on any atom is 0.191 e. The third-order valence-electron chi connectivity index (χ3n) is 2.86. The molecule has 0 saturated heterocycles. The van der Waals surface area contributed by atoms with Gasteiger partial charge in [0.2, 0.25) is 0 Å². The zero-order valence-electron chi connectivity index (χ0n) is 12.2. The molecule has 2 rings (SSSR count). The van der Waals surface area contributed by atoms with Crippen LogP contribution < -0.4 is 15.4 Å². The number of rotatable bonds is 5. The third-order valence-corrected chi connectivity index (χ3v) is 2.86. The summed E-state index contributed by atoms with van der Waals surface area (Å²) in [7, 11) is 0. The van der Waals surface area contributed by atoms with Crippen molar-refractivity contribution in [2.75, 3.05) is 19.7 Å². The monoisotopic (exact) mass is 389 g/mol. The lowest BCUT2D eigenvalue weighted by Gasteiger charge is -2.16. The van der Waals surface area contributed by atoms with Crippen molar-refractivity contribution in [2.45, 2.75) is 26.8 Å². The van der Waals surface area contributed by atoms with Crippen molar-refractivity contribution in [3.05, 3.63) is 29.8 Å². The van der Waals surface area contributed by atoms with E-state index in [1.807, 2.05) is 12.1 Å². The molecule has 5 heteroatoms. The van der Waals surface area contributed by atoms with Crippen LogP contribution in [0.3, 0.4) is 0 Å². The molecule has 1 heterocycles. The van der Waals surface area contributed by atoms with E-state index in [2.05, 4.69) is 41.6 Å². The van der Waals surface area contributed by atoms with Gasteiger partial charge in [-0.3, -0.25) is 4.99 Å². The molecule has 20 heavy (non-hydrogen) atoms. The van der Waals surface area contributed by atoms with E-state index in [1.165, 1.54) is 5.56 Å². The Morgan fingerprint density at radius 2 is 2.05 bits per heavy atom. The van der Waals surface area contributed by atoms with Gasteiger partial charge >= 0.3 is 0 Å². The zero-order chi connectivity index (χ0) is 13.5. The number of nitrogens with zero attached hydrogens (tertiary/aromatic N) is 1. The summed E-state index contributed by atoms with van der Waals surface area (Å²) in [5, 5.41) is 6.55. The van der Waals surface area contributed by atoms with Crippen molar-refractivity contribution in [1.29, 1.82) is 0 Å². The number of guanidine groups is 1. The fourth-order valence-corrected chi connectivity index (χ4v) is 1.80. The number of benzene rings is 1. The van der Waals surface area contributed by atoms with Crippen LogP contribution in [-0.2, 0) is 6.54 Å². The molecule has 0 fully saturated rings. The first-order valence-electron chi connectivity index (χ1n) is 6.98. The first kappa shape index (κ1) is 17.1. The summed E-state index contributed by atoms with van der Waals surface area (Å²) in [6, 6.07) is 8.23. The number of halogens is 1. The molecule has 0 radical (unpaired) electrons. The minimum absolute atomic E-state index is 0. The number of aliphatic imine (C=N–C) groups is 1. The van der Waals surface area contributed by atoms with Crippen LogP contribution >= 0.6 is 24.0 Å². The number of hydrogen-bond donors (Lipinski definition) is 2. The van der Waals surface area contributed by atoms with Gasteiger partial charge in [-0.1, -0.05) is 26.0 Å². The molecule has 0 bridgehead atoms. The van der Waals surface area contributed by atoms with Crippen molar-refractivity contribution in [2.24, 2.45) is 10.9 Å². The van der Waals surface area contributed by atoms with E-state index in [0.717, 1.165) is 44.4 Å². The van der Waals surface area contributed by atoms with Crippen LogP contribution in [0, 0.1) is 5.92 Å². The van der Waals surface area contributed by atoms with Crippen molar-refractivity contribution in [3.63, 3.8) is 0 Å². The summed E-state index contributed by atoms with van der Waals surface area (Å²) < 4.78 is 5.66. The van der Waals surface area contributed by atoms with Crippen molar-refractivity contribution >= 4 is 29.9 Å². The molecule has 0 aromatic heterocycles. The molecule has 1 aromatic rings. The van der Waals surface area contributed by atoms with E-state index in [4.69, 9.17) is 4.74 Å². The summed E-state index contributed by atoms with van der Waals surface area (Å²) in [6.45, 7) is 7.77. The molecule has 4 nitrogen and oxygen atoms in total. The second-order valence-electron chi connectivity index (χ2n) is 5.21. The average Bonchev–Trinajstić information content (AvgIpc) is 2.45. The van der Waals surface area contributed by atoms with Crippen molar-refractivity contribution < 1.29 is 4.74 Å². The van der Waals surface area contributed by atoms with Gasteiger partial charge in [-0.25, -0.2) is 0 Å². The Bertz CT molecular complexity index is 418. The molecule has 1 aromatic carbocycles. The molecule has 2 N–H and O–H groups in total. The van der Waals surface area contributed by atoms with Crippen molar-refractivity contribution in [1.82, 2.24) is 10.6 Å². The fourth-order valence-electron chi connectivity index (χ4n) is 1.80. The van der Waals surface area contributed by atoms with Gasteiger partial charge < -0.3 is 15.4 Å². The lowest BCUT2D eigenvalue weighted by molar-refractivity contribution is 0.271. The van der Waals surface area contributed by atoms with Gasteiger partial charge in [-0.2, -0.15) is 0 Å². The van der Waals surface area contributed by atoms with Crippen LogP contribution in [0.2, 0.25) is 0 Å². The molecule has 1 aliphatic heterocycles. The summed E-state index contributed by atoms with van der Waals surface area (Å²) in [5.41, 5.74) is 1.23. The summed E-state index contributed by atoms with van der Waals surface area (Å²) >= 11 is 0. The van der Waals surface area contributed by atoms with E-state index in [9.17, 15) is 0 Å². The largest absolute Gasteiger partial charge is 0.493 e. The van der Waals surface area contributed by atoms with Gasteiger partial charge in [0.25, 0.3) is 0 Å².